The SMILES string of the molecule is N#Cc1cccc(CNC(=O)C(Cl)c2ccccc2)c1. The molecule has 0 aromatic heterocycles. The molecule has 2 aromatic carbocycles. The summed E-state index contributed by atoms with van der Waals surface area (Å²) in [6, 6.07) is 18.4. The van der Waals surface area contributed by atoms with Crippen LogP contribution in [-0.2, 0) is 11.3 Å². The molecule has 0 aliphatic rings. The van der Waals surface area contributed by atoms with Crippen LogP contribution in [0.25, 0.3) is 0 Å². The van der Waals surface area contributed by atoms with E-state index in [1.165, 1.54) is 0 Å². The van der Waals surface area contributed by atoms with E-state index >= 15 is 0 Å². The van der Waals surface area contributed by atoms with E-state index in [4.69, 9.17) is 16.9 Å². The maximum absolute atomic E-state index is 12.0. The molecule has 1 amide bonds. The third-order valence-corrected chi connectivity index (χ3v) is 3.30. The van der Waals surface area contributed by atoms with Crippen LogP contribution < -0.4 is 5.32 Å². The van der Waals surface area contributed by atoms with Gasteiger partial charge in [-0.2, -0.15) is 5.26 Å². The molecule has 2 aromatic rings. The van der Waals surface area contributed by atoms with Crippen LogP contribution in [0, 0.1) is 11.3 Å². The number of alkyl halides is 1. The highest BCUT2D eigenvalue weighted by Gasteiger charge is 2.16. The van der Waals surface area contributed by atoms with E-state index in [1.54, 1.807) is 18.2 Å². The van der Waals surface area contributed by atoms with E-state index in [-0.39, 0.29) is 5.91 Å². The monoisotopic (exact) mass is 284 g/mol. The van der Waals surface area contributed by atoms with Gasteiger partial charge in [0, 0.05) is 6.54 Å². The Morgan fingerprint density at radius 2 is 1.95 bits per heavy atom. The molecule has 100 valence electrons. The van der Waals surface area contributed by atoms with Crippen LogP contribution in [0.1, 0.15) is 22.1 Å². The van der Waals surface area contributed by atoms with Crippen LogP contribution in [0.2, 0.25) is 0 Å². The smallest absolute Gasteiger partial charge is 0.242 e. The number of halogens is 1. The van der Waals surface area contributed by atoms with Crippen molar-refractivity contribution in [3.05, 3.63) is 71.3 Å². The minimum Gasteiger partial charge on any atom is -0.350 e. The van der Waals surface area contributed by atoms with Crippen molar-refractivity contribution in [3.63, 3.8) is 0 Å². The molecule has 0 bridgehead atoms. The third kappa shape index (κ3) is 3.59. The number of nitrogens with zero attached hydrogens (tertiary/aromatic N) is 1. The molecule has 3 nitrogen and oxygen atoms in total. The van der Waals surface area contributed by atoms with Crippen LogP contribution in [0.5, 0.6) is 0 Å². The Morgan fingerprint density at radius 3 is 2.65 bits per heavy atom. The van der Waals surface area contributed by atoms with E-state index in [0.29, 0.717) is 12.1 Å². The second-order valence-electron chi connectivity index (χ2n) is 4.30. The molecule has 1 N–H and O–H groups in total. The Balaban J connectivity index is 1.97. The molecule has 0 aliphatic heterocycles. The summed E-state index contributed by atoms with van der Waals surface area (Å²) in [7, 11) is 0. The first kappa shape index (κ1) is 14.1. The predicted molar refractivity (Wildman–Crippen MR) is 78.0 cm³/mol. The molecule has 1 atom stereocenters. The van der Waals surface area contributed by atoms with Gasteiger partial charge in [-0.25, -0.2) is 0 Å². The molecular weight excluding hydrogens is 272 g/mol. The van der Waals surface area contributed by atoms with Gasteiger partial charge in [-0.15, -0.1) is 11.6 Å². The number of carbonyl (C=O) groups excluding carboxylic acids is 1. The van der Waals surface area contributed by atoms with Crippen molar-refractivity contribution in [1.29, 1.82) is 5.26 Å². The summed E-state index contributed by atoms with van der Waals surface area (Å²) in [5.74, 6) is -0.250. The maximum Gasteiger partial charge on any atom is 0.242 e. The molecule has 0 heterocycles. The molecule has 1 unspecified atom stereocenters. The minimum atomic E-state index is -0.713. The van der Waals surface area contributed by atoms with Crippen LogP contribution in [-0.4, -0.2) is 5.91 Å². The second-order valence-corrected chi connectivity index (χ2v) is 4.74. The lowest BCUT2D eigenvalue weighted by molar-refractivity contribution is -0.121. The highest BCUT2D eigenvalue weighted by molar-refractivity contribution is 6.30. The normalized spacial score (nSPS) is 11.4. The summed E-state index contributed by atoms with van der Waals surface area (Å²) in [6.07, 6.45) is 0. The molecule has 20 heavy (non-hydrogen) atoms. The molecule has 0 saturated heterocycles. The van der Waals surface area contributed by atoms with Crippen LogP contribution in [0.15, 0.2) is 54.6 Å². The lowest BCUT2D eigenvalue weighted by Gasteiger charge is -2.11. The fraction of sp³-hybridized carbons (Fsp3) is 0.125. The van der Waals surface area contributed by atoms with Gasteiger partial charge in [0.25, 0.3) is 0 Å². The number of hydrogen-bond acceptors (Lipinski definition) is 2. The van der Waals surface area contributed by atoms with Crippen molar-refractivity contribution >= 4 is 17.5 Å². The predicted octanol–water partition coefficient (Wildman–Crippen LogP) is 3.15. The van der Waals surface area contributed by atoms with Gasteiger partial charge in [-0.3, -0.25) is 4.79 Å². The van der Waals surface area contributed by atoms with Gasteiger partial charge in [0.1, 0.15) is 5.38 Å². The highest BCUT2D eigenvalue weighted by Crippen LogP contribution is 2.20. The largest absolute Gasteiger partial charge is 0.350 e. The molecule has 0 spiro atoms. The first-order chi connectivity index (χ1) is 9.70. The Labute approximate surface area is 122 Å². The van der Waals surface area contributed by atoms with Crippen molar-refractivity contribution in [2.45, 2.75) is 11.9 Å². The first-order valence-electron chi connectivity index (χ1n) is 6.16. The quantitative estimate of drug-likeness (QED) is 0.877. The number of carbonyl (C=O) groups is 1. The molecule has 0 radical (unpaired) electrons. The third-order valence-electron chi connectivity index (χ3n) is 2.85. The summed E-state index contributed by atoms with van der Waals surface area (Å²) >= 11 is 6.12. The molecular formula is C16H13ClN2O. The fourth-order valence-corrected chi connectivity index (χ4v) is 2.03. The zero-order valence-corrected chi connectivity index (χ0v) is 11.5. The standard InChI is InChI=1S/C16H13ClN2O/c17-15(14-7-2-1-3-8-14)16(20)19-11-13-6-4-5-12(9-13)10-18/h1-9,15H,11H2,(H,19,20). The Morgan fingerprint density at radius 1 is 1.20 bits per heavy atom. The van der Waals surface area contributed by atoms with Gasteiger partial charge in [0.2, 0.25) is 5.91 Å². The molecule has 4 heteroatoms. The van der Waals surface area contributed by atoms with Gasteiger partial charge in [0.05, 0.1) is 11.6 Å². The molecule has 2 rings (SSSR count). The molecule has 0 saturated carbocycles. The number of benzene rings is 2. The van der Waals surface area contributed by atoms with Gasteiger partial charge in [0.15, 0.2) is 0 Å². The maximum atomic E-state index is 12.0. The van der Waals surface area contributed by atoms with E-state index in [1.807, 2.05) is 36.4 Å². The van der Waals surface area contributed by atoms with Gasteiger partial charge in [-0.05, 0) is 23.3 Å². The van der Waals surface area contributed by atoms with Crippen LogP contribution >= 0.6 is 11.6 Å². The Bertz CT molecular complexity index is 634. The second kappa shape index (κ2) is 6.74. The number of nitrogens with one attached hydrogen (secondary N) is 1. The van der Waals surface area contributed by atoms with Crippen molar-refractivity contribution in [1.82, 2.24) is 5.32 Å². The Kier molecular flexibility index (Phi) is 4.75. The van der Waals surface area contributed by atoms with Crippen molar-refractivity contribution in [3.8, 4) is 6.07 Å². The van der Waals surface area contributed by atoms with E-state index in [0.717, 1.165) is 11.1 Å². The van der Waals surface area contributed by atoms with Gasteiger partial charge >= 0.3 is 0 Å². The average Bonchev–Trinajstić information content (AvgIpc) is 2.53. The van der Waals surface area contributed by atoms with Crippen molar-refractivity contribution in [2.75, 3.05) is 0 Å². The Hall–Kier alpha value is -2.31. The minimum absolute atomic E-state index is 0.250. The number of hydrogen-bond donors (Lipinski definition) is 1. The van der Waals surface area contributed by atoms with Crippen LogP contribution in [0.3, 0.4) is 0 Å². The van der Waals surface area contributed by atoms with Crippen molar-refractivity contribution in [2.24, 2.45) is 0 Å². The zero-order chi connectivity index (χ0) is 14.4. The highest BCUT2D eigenvalue weighted by atomic mass is 35.5. The summed E-state index contributed by atoms with van der Waals surface area (Å²) in [6.45, 7) is 0.352. The number of nitriles is 1. The number of rotatable bonds is 4. The van der Waals surface area contributed by atoms with Gasteiger partial charge < -0.3 is 5.32 Å². The van der Waals surface area contributed by atoms with E-state index in [2.05, 4.69) is 11.4 Å². The summed E-state index contributed by atoms with van der Waals surface area (Å²) in [4.78, 5) is 12.0. The fourth-order valence-electron chi connectivity index (χ4n) is 1.80. The van der Waals surface area contributed by atoms with Gasteiger partial charge in [-0.1, -0.05) is 42.5 Å². The molecule has 0 fully saturated rings. The number of amides is 1. The zero-order valence-electron chi connectivity index (χ0n) is 10.7. The first-order valence-corrected chi connectivity index (χ1v) is 6.60. The lowest BCUT2D eigenvalue weighted by Crippen LogP contribution is -2.26. The summed E-state index contributed by atoms with van der Waals surface area (Å²) < 4.78 is 0. The van der Waals surface area contributed by atoms with E-state index < -0.39 is 5.38 Å². The van der Waals surface area contributed by atoms with Crippen LogP contribution in [0.4, 0.5) is 0 Å². The summed E-state index contributed by atoms with van der Waals surface area (Å²) in [5.41, 5.74) is 2.20. The topological polar surface area (TPSA) is 52.9 Å². The lowest BCUT2D eigenvalue weighted by atomic mass is 10.1. The van der Waals surface area contributed by atoms with E-state index in [9.17, 15) is 4.79 Å². The van der Waals surface area contributed by atoms with Crippen molar-refractivity contribution < 1.29 is 4.79 Å². The summed E-state index contributed by atoms with van der Waals surface area (Å²) in [5, 5.41) is 10.9. The average molecular weight is 285 g/mol. The molecule has 0 aliphatic carbocycles.